The fraction of sp³-hybridized carbons (Fsp3) is 0.227. The van der Waals surface area contributed by atoms with Gasteiger partial charge >= 0.3 is 0 Å². The Bertz CT molecular complexity index is 985. The van der Waals surface area contributed by atoms with Crippen LogP contribution in [-0.2, 0) is 16.0 Å². The minimum atomic E-state index is -0.297. The van der Waals surface area contributed by atoms with Crippen LogP contribution in [-0.4, -0.2) is 42.4 Å². The van der Waals surface area contributed by atoms with Gasteiger partial charge in [0.25, 0.3) is 0 Å². The second-order valence-electron chi connectivity index (χ2n) is 6.50. The Kier molecular flexibility index (Phi) is 7.05. The van der Waals surface area contributed by atoms with Crippen LogP contribution in [0.1, 0.15) is 12.0 Å². The summed E-state index contributed by atoms with van der Waals surface area (Å²) in [5.74, 6) is 0.877. The van der Waals surface area contributed by atoms with Gasteiger partial charge in [0.15, 0.2) is 0 Å². The van der Waals surface area contributed by atoms with E-state index in [1.807, 2.05) is 30.5 Å². The Balaban J connectivity index is 1.45. The molecular formula is C22H24N4O4. The van der Waals surface area contributed by atoms with Crippen molar-refractivity contribution in [2.75, 3.05) is 26.1 Å². The minimum absolute atomic E-state index is 0.102. The van der Waals surface area contributed by atoms with Crippen LogP contribution in [0.3, 0.4) is 0 Å². The van der Waals surface area contributed by atoms with Crippen molar-refractivity contribution in [1.82, 2.24) is 15.1 Å². The molecule has 0 aliphatic rings. The summed E-state index contributed by atoms with van der Waals surface area (Å²) in [4.78, 5) is 24.2. The molecule has 0 atom stereocenters. The van der Waals surface area contributed by atoms with Gasteiger partial charge in [0.1, 0.15) is 11.5 Å². The molecule has 0 fully saturated rings. The van der Waals surface area contributed by atoms with E-state index >= 15 is 0 Å². The first kappa shape index (κ1) is 20.9. The molecule has 0 unspecified atom stereocenters. The highest BCUT2D eigenvalue weighted by Crippen LogP contribution is 2.25. The third kappa shape index (κ3) is 5.60. The molecule has 0 spiro atoms. The number of aromatic nitrogens is 2. The van der Waals surface area contributed by atoms with Gasteiger partial charge in [-0.3, -0.25) is 9.59 Å². The van der Waals surface area contributed by atoms with Gasteiger partial charge in [-0.25, -0.2) is 4.68 Å². The summed E-state index contributed by atoms with van der Waals surface area (Å²) in [6.07, 6.45) is 4.24. The normalized spacial score (nSPS) is 10.3. The predicted molar refractivity (Wildman–Crippen MR) is 113 cm³/mol. The molecule has 2 N–H and O–H groups in total. The molecule has 0 aliphatic heterocycles. The molecule has 2 aromatic carbocycles. The van der Waals surface area contributed by atoms with E-state index in [-0.39, 0.29) is 24.8 Å². The third-order valence-electron chi connectivity index (χ3n) is 4.48. The highest BCUT2D eigenvalue weighted by atomic mass is 16.5. The monoisotopic (exact) mass is 408 g/mol. The average molecular weight is 408 g/mol. The van der Waals surface area contributed by atoms with E-state index in [2.05, 4.69) is 15.7 Å². The smallest absolute Gasteiger partial charge is 0.243 e. The van der Waals surface area contributed by atoms with Crippen molar-refractivity contribution in [3.05, 3.63) is 66.5 Å². The molecular weight excluding hydrogens is 384 g/mol. The van der Waals surface area contributed by atoms with E-state index in [0.717, 1.165) is 11.3 Å². The number of hydrogen-bond donors (Lipinski definition) is 2. The van der Waals surface area contributed by atoms with Crippen LogP contribution in [0.5, 0.6) is 11.5 Å². The summed E-state index contributed by atoms with van der Waals surface area (Å²) in [5.41, 5.74) is 2.40. The molecule has 2 amide bonds. The number of ether oxygens (including phenoxy) is 2. The van der Waals surface area contributed by atoms with Gasteiger partial charge < -0.3 is 20.1 Å². The number of methoxy groups -OCH3 is 2. The quantitative estimate of drug-likeness (QED) is 0.568. The summed E-state index contributed by atoms with van der Waals surface area (Å²) < 4.78 is 12.3. The van der Waals surface area contributed by atoms with Gasteiger partial charge in [-0.1, -0.05) is 0 Å². The van der Waals surface area contributed by atoms with Crippen LogP contribution in [0.4, 0.5) is 5.69 Å². The van der Waals surface area contributed by atoms with Crippen LogP contribution in [0.25, 0.3) is 5.69 Å². The Labute approximate surface area is 174 Å². The lowest BCUT2D eigenvalue weighted by molar-refractivity contribution is -0.124. The first-order valence-electron chi connectivity index (χ1n) is 9.46. The molecule has 3 rings (SSSR count). The van der Waals surface area contributed by atoms with Crippen LogP contribution in [0, 0.1) is 0 Å². The van der Waals surface area contributed by atoms with Crippen molar-refractivity contribution >= 4 is 17.5 Å². The van der Waals surface area contributed by atoms with E-state index < -0.39 is 0 Å². The number of carbonyl (C=O) groups excluding carboxylic acids is 2. The van der Waals surface area contributed by atoms with E-state index in [0.29, 0.717) is 23.6 Å². The van der Waals surface area contributed by atoms with Crippen LogP contribution >= 0.6 is 0 Å². The Morgan fingerprint density at radius 1 is 1.03 bits per heavy atom. The van der Waals surface area contributed by atoms with Crippen LogP contribution < -0.4 is 20.1 Å². The maximum absolute atomic E-state index is 12.1. The van der Waals surface area contributed by atoms with Gasteiger partial charge in [0, 0.05) is 24.5 Å². The van der Waals surface area contributed by atoms with Crippen molar-refractivity contribution in [2.24, 2.45) is 0 Å². The number of nitrogens with zero attached hydrogens (tertiary/aromatic N) is 2. The number of anilines is 1. The number of amides is 2. The molecule has 1 aromatic heterocycles. The zero-order valence-electron chi connectivity index (χ0n) is 16.9. The number of rotatable bonds is 9. The van der Waals surface area contributed by atoms with Crippen LogP contribution in [0.15, 0.2) is 60.9 Å². The van der Waals surface area contributed by atoms with Gasteiger partial charge in [0.05, 0.1) is 26.5 Å². The topological polar surface area (TPSA) is 94.5 Å². The fourth-order valence-electron chi connectivity index (χ4n) is 2.92. The van der Waals surface area contributed by atoms with Crippen molar-refractivity contribution in [3.8, 4) is 17.2 Å². The Hall–Kier alpha value is -3.81. The summed E-state index contributed by atoms with van der Waals surface area (Å²) in [6.45, 7) is -0.102. The summed E-state index contributed by atoms with van der Waals surface area (Å²) in [5, 5.41) is 9.55. The summed E-state index contributed by atoms with van der Waals surface area (Å²) >= 11 is 0. The zero-order chi connectivity index (χ0) is 21.3. The molecule has 0 bridgehead atoms. The largest absolute Gasteiger partial charge is 0.497 e. The molecule has 156 valence electrons. The van der Waals surface area contributed by atoms with Gasteiger partial charge in [-0.05, 0) is 60.5 Å². The number of carbonyl (C=O) groups is 2. The molecule has 1 heterocycles. The van der Waals surface area contributed by atoms with Crippen molar-refractivity contribution in [1.29, 1.82) is 0 Å². The predicted octanol–water partition coefficient (Wildman–Crippen LogP) is 2.58. The highest BCUT2D eigenvalue weighted by Gasteiger charge is 2.10. The molecule has 0 saturated heterocycles. The van der Waals surface area contributed by atoms with Gasteiger partial charge in [-0.15, -0.1) is 0 Å². The molecule has 3 aromatic rings. The number of hydrogen-bond acceptors (Lipinski definition) is 5. The maximum Gasteiger partial charge on any atom is 0.243 e. The standard InChI is InChI=1S/C22H24N4O4/c1-29-19-9-10-20(30-2)16(14-19)4-11-21(27)23-15-22(28)25-17-5-7-18(8-6-17)26-13-3-12-24-26/h3,5-10,12-14H,4,11,15H2,1-2H3,(H,23,27)(H,25,28). The summed E-state index contributed by atoms with van der Waals surface area (Å²) in [6, 6.07) is 14.5. The van der Waals surface area contributed by atoms with Crippen molar-refractivity contribution < 1.29 is 19.1 Å². The van der Waals surface area contributed by atoms with E-state index in [4.69, 9.17) is 9.47 Å². The zero-order valence-corrected chi connectivity index (χ0v) is 16.9. The lowest BCUT2D eigenvalue weighted by Gasteiger charge is -2.11. The third-order valence-corrected chi connectivity index (χ3v) is 4.48. The lowest BCUT2D eigenvalue weighted by Crippen LogP contribution is -2.33. The van der Waals surface area contributed by atoms with Gasteiger partial charge in [-0.2, -0.15) is 5.10 Å². The Morgan fingerprint density at radius 2 is 1.83 bits per heavy atom. The second kappa shape index (κ2) is 10.1. The number of aryl methyl sites for hydroxylation is 1. The minimum Gasteiger partial charge on any atom is -0.497 e. The molecule has 8 nitrogen and oxygen atoms in total. The molecule has 0 aliphatic carbocycles. The average Bonchev–Trinajstić information content (AvgIpc) is 3.31. The Morgan fingerprint density at radius 3 is 2.50 bits per heavy atom. The van der Waals surface area contributed by atoms with E-state index in [9.17, 15) is 9.59 Å². The highest BCUT2D eigenvalue weighted by molar-refractivity contribution is 5.94. The maximum atomic E-state index is 12.1. The summed E-state index contributed by atoms with van der Waals surface area (Å²) in [7, 11) is 3.17. The van der Waals surface area contributed by atoms with Crippen LogP contribution in [0.2, 0.25) is 0 Å². The van der Waals surface area contributed by atoms with Gasteiger partial charge in [0.2, 0.25) is 11.8 Å². The SMILES string of the molecule is COc1ccc(OC)c(CCC(=O)NCC(=O)Nc2ccc(-n3cccn3)cc2)c1. The first-order valence-corrected chi connectivity index (χ1v) is 9.46. The fourth-order valence-corrected chi connectivity index (χ4v) is 2.92. The molecule has 30 heavy (non-hydrogen) atoms. The number of benzene rings is 2. The molecule has 0 radical (unpaired) electrons. The second-order valence-corrected chi connectivity index (χ2v) is 6.50. The van der Waals surface area contributed by atoms with Crippen molar-refractivity contribution in [2.45, 2.75) is 12.8 Å². The van der Waals surface area contributed by atoms with E-state index in [1.165, 1.54) is 0 Å². The molecule has 0 saturated carbocycles. The number of nitrogens with one attached hydrogen (secondary N) is 2. The van der Waals surface area contributed by atoms with Crippen molar-refractivity contribution in [3.63, 3.8) is 0 Å². The molecule has 8 heteroatoms. The first-order chi connectivity index (χ1) is 14.6. The van der Waals surface area contributed by atoms with E-state index in [1.54, 1.807) is 49.4 Å². The lowest BCUT2D eigenvalue weighted by atomic mass is 10.1.